The van der Waals surface area contributed by atoms with Crippen molar-refractivity contribution in [2.45, 2.75) is 59.4 Å². The minimum absolute atomic E-state index is 0.148. The Morgan fingerprint density at radius 3 is 2.25 bits per heavy atom. The molecule has 0 aliphatic carbocycles. The van der Waals surface area contributed by atoms with Gasteiger partial charge in [0.2, 0.25) is 0 Å². The highest BCUT2D eigenvalue weighted by Crippen LogP contribution is 2.31. The summed E-state index contributed by atoms with van der Waals surface area (Å²) >= 11 is 7.34. The molecule has 3 aromatic rings. The second-order valence-corrected chi connectivity index (χ2v) is 11.2. The lowest BCUT2D eigenvalue weighted by Gasteiger charge is -2.23. The lowest BCUT2D eigenvalue weighted by atomic mass is 9.92. The number of amides is 2. The van der Waals surface area contributed by atoms with Crippen molar-refractivity contribution in [1.29, 1.82) is 0 Å². The summed E-state index contributed by atoms with van der Waals surface area (Å²) in [5.74, 6) is 0.0860. The summed E-state index contributed by atoms with van der Waals surface area (Å²) in [5.41, 5.74) is 1.61. The Kier molecular flexibility index (Phi) is 6.54. The summed E-state index contributed by atoms with van der Waals surface area (Å²) in [4.78, 5) is 26.2. The molecule has 2 heterocycles. The predicted octanol–water partition coefficient (Wildman–Crippen LogP) is 6.46. The van der Waals surface area contributed by atoms with Gasteiger partial charge in [-0.15, -0.1) is 11.3 Å². The first-order valence-corrected chi connectivity index (χ1v) is 11.6. The first kappa shape index (κ1) is 24.0. The number of thiophene rings is 1. The first-order valence-electron chi connectivity index (χ1n) is 10.4. The fraction of sp³-hybridized carbons (Fsp3) is 0.375. The van der Waals surface area contributed by atoms with Crippen molar-refractivity contribution in [3.05, 3.63) is 63.1 Å². The average molecular weight is 473 g/mol. The van der Waals surface area contributed by atoms with Gasteiger partial charge in [-0.05, 0) is 51.5 Å². The monoisotopic (exact) mass is 472 g/mol. The van der Waals surface area contributed by atoms with Crippen LogP contribution in [0.25, 0.3) is 0 Å². The summed E-state index contributed by atoms with van der Waals surface area (Å²) in [6.45, 7) is 14.2. The van der Waals surface area contributed by atoms with E-state index in [4.69, 9.17) is 16.7 Å². The molecule has 8 heteroatoms. The number of hydrogen-bond acceptors (Lipinski definition) is 4. The molecular formula is C24H29ClN4O2S. The van der Waals surface area contributed by atoms with E-state index in [1.807, 2.05) is 38.4 Å². The van der Waals surface area contributed by atoms with Gasteiger partial charge in [-0.3, -0.25) is 9.59 Å². The zero-order chi connectivity index (χ0) is 23.8. The van der Waals surface area contributed by atoms with E-state index in [9.17, 15) is 9.59 Å². The summed E-state index contributed by atoms with van der Waals surface area (Å²) < 4.78 is 1.84. The van der Waals surface area contributed by atoms with Crippen LogP contribution >= 0.6 is 22.9 Å². The van der Waals surface area contributed by atoms with E-state index in [0.717, 1.165) is 11.3 Å². The molecule has 0 aliphatic heterocycles. The van der Waals surface area contributed by atoms with E-state index in [1.165, 1.54) is 11.3 Å². The number of aryl methyl sites for hydroxylation is 1. The predicted molar refractivity (Wildman–Crippen MR) is 132 cm³/mol. The van der Waals surface area contributed by atoms with Gasteiger partial charge in [0.25, 0.3) is 11.8 Å². The third kappa shape index (κ3) is 5.22. The Bertz CT molecular complexity index is 1170. The van der Waals surface area contributed by atoms with Gasteiger partial charge in [0, 0.05) is 11.5 Å². The Hall–Kier alpha value is -2.64. The van der Waals surface area contributed by atoms with E-state index in [2.05, 4.69) is 31.4 Å². The lowest BCUT2D eigenvalue weighted by molar-refractivity contribution is 0.101. The molecule has 0 unspecified atom stereocenters. The van der Waals surface area contributed by atoms with Gasteiger partial charge in [-0.2, -0.15) is 5.10 Å². The van der Waals surface area contributed by atoms with Gasteiger partial charge in [-0.1, -0.05) is 44.5 Å². The van der Waals surface area contributed by atoms with Crippen LogP contribution in [0.1, 0.15) is 72.8 Å². The molecule has 1 aromatic carbocycles. The molecule has 0 spiro atoms. The summed E-state index contributed by atoms with van der Waals surface area (Å²) in [6.07, 6.45) is 0. The smallest absolute Gasteiger partial charge is 0.267 e. The van der Waals surface area contributed by atoms with Gasteiger partial charge in [0.05, 0.1) is 31.7 Å². The zero-order valence-corrected chi connectivity index (χ0v) is 21.0. The molecular weight excluding hydrogens is 444 g/mol. The Labute approximate surface area is 198 Å². The number of rotatable bonds is 4. The van der Waals surface area contributed by atoms with E-state index in [0.29, 0.717) is 26.3 Å². The topological polar surface area (TPSA) is 76.0 Å². The van der Waals surface area contributed by atoms with Crippen LogP contribution in [0, 0.1) is 6.92 Å². The molecule has 170 valence electrons. The molecule has 6 nitrogen and oxygen atoms in total. The Morgan fingerprint density at radius 2 is 1.66 bits per heavy atom. The average Bonchev–Trinajstić information content (AvgIpc) is 3.25. The van der Waals surface area contributed by atoms with Crippen LogP contribution < -0.4 is 10.6 Å². The van der Waals surface area contributed by atoms with Crippen molar-refractivity contribution in [3.8, 4) is 0 Å². The number of hydrogen-bond donors (Lipinski definition) is 2. The second kappa shape index (κ2) is 8.71. The molecule has 0 radical (unpaired) electrons. The third-order valence-electron chi connectivity index (χ3n) is 4.83. The Balaban J connectivity index is 1.84. The maximum Gasteiger partial charge on any atom is 0.267 e. The molecule has 2 aromatic heterocycles. The van der Waals surface area contributed by atoms with E-state index in [-0.39, 0.29) is 22.8 Å². The third-order valence-corrected chi connectivity index (χ3v) is 6.31. The van der Waals surface area contributed by atoms with Gasteiger partial charge < -0.3 is 10.6 Å². The maximum absolute atomic E-state index is 13.1. The van der Waals surface area contributed by atoms with E-state index < -0.39 is 0 Å². The zero-order valence-electron chi connectivity index (χ0n) is 19.5. The molecule has 0 fully saturated rings. The number of carbonyl (C=O) groups excluding carboxylic acids is 2. The normalized spacial score (nSPS) is 12.0. The van der Waals surface area contributed by atoms with Gasteiger partial charge in [0.15, 0.2) is 0 Å². The highest BCUT2D eigenvalue weighted by molar-refractivity contribution is 7.18. The SMILES string of the molecule is Cc1cc(NC(=O)c2ccccc2Cl)sc1C(=O)Nc1cc(C(C)(C)C)nn1C(C)(C)C. The molecule has 0 saturated carbocycles. The fourth-order valence-electron chi connectivity index (χ4n) is 3.11. The molecule has 0 bridgehead atoms. The highest BCUT2D eigenvalue weighted by atomic mass is 35.5. The van der Waals surface area contributed by atoms with Crippen LogP contribution in [-0.2, 0) is 11.0 Å². The lowest BCUT2D eigenvalue weighted by Crippen LogP contribution is -2.27. The molecule has 0 saturated heterocycles. The fourth-order valence-corrected chi connectivity index (χ4v) is 4.30. The van der Waals surface area contributed by atoms with Crippen molar-refractivity contribution < 1.29 is 9.59 Å². The number of nitrogens with one attached hydrogen (secondary N) is 2. The number of halogens is 1. The van der Waals surface area contributed by atoms with Crippen molar-refractivity contribution >= 4 is 45.6 Å². The number of aromatic nitrogens is 2. The molecule has 0 aliphatic rings. The largest absolute Gasteiger partial charge is 0.313 e. The van der Waals surface area contributed by atoms with E-state index in [1.54, 1.807) is 30.3 Å². The molecule has 2 N–H and O–H groups in total. The molecule has 3 rings (SSSR count). The van der Waals surface area contributed by atoms with Crippen molar-refractivity contribution in [3.63, 3.8) is 0 Å². The van der Waals surface area contributed by atoms with Crippen molar-refractivity contribution in [2.75, 3.05) is 10.6 Å². The van der Waals surface area contributed by atoms with Crippen LogP contribution in [0.15, 0.2) is 36.4 Å². The van der Waals surface area contributed by atoms with Crippen molar-refractivity contribution in [2.24, 2.45) is 0 Å². The van der Waals surface area contributed by atoms with Crippen LogP contribution in [0.4, 0.5) is 10.8 Å². The highest BCUT2D eigenvalue weighted by Gasteiger charge is 2.26. The maximum atomic E-state index is 13.1. The number of nitrogens with zero attached hydrogens (tertiary/aromatic N) is 2. The van der Waals surface area contributed by atoms with Crippen molar-refractivity contribution in [1.82, 2.24) is 9.78 Å². The van der Waals surface area contributed by atoms with Gasteiger partial charge in [0.1, 0.15) is 5.82 Å². The summed E-state index contributed by atoms with van der Waals surface area (Å²) in [7, 11) is 0. The van der Waals surface area contributed by atoms with Crippen LogP contribution in [0.2, 0.25) is 5.02 Å². The summed E-state index contributed by atoms with van der Waals surface area (Å²) in [6, 6.07) is 10.6. The van der Waals surface area contributed by atoms with Gasteiger partial charge in [-0.25, -0.2) is 4.68 Å². The minimum Gasteiger partial charge on any atom is -0.313 e. The second-order valence-electron chi connectivity index (χ2n) is 9.76. The quantitative estimate of drug-likeness (QED) is 0.457. The number of benzene rings is 1. The van der Waals surface area contributed by atoms with Crippen LogP contribution in [0.3, 0.4) is 0 Å². The summed E-state index contributed by atoms with van der Waals surface area (Å²) in [5, 5.41) is 11.5. The minimum atomic E-state index is -0.315. The molecule has 0 atom stereocenters. The molecule has 2 amide bonds. The van der Waals surface area contributed by atoms with Crippen LogP contribution in [-0.4, -0.2) is 21.6 Å². The van der Waals surface area contributed by atoms with E-state index >= 15 is 0 Å². The van der Waals surface area contributed by atoms with Gasteiger partial charge >= 0.3 is 0 Å². The first-order chi connectivity index (χ1) is 14.8. The standard InChI is InChI=1S/C24H29ClN4O2S/c1-14-12-19(27-21(30)15-10-8-9-11-16(15)25)32-20(14)22(31)26-18-13-17(23(2,3)4)28-29(18)24(5,6)7/h8-13H,1-7H3,(H,26,31)(H,27,30). The molecule has 32 heavy (non-hydrogen) atoms. The number of carbonyl (C=O) groups is 2. The van der Waals surface area contributed by atoms with Crippen LogP contribution in [0.5, 0.6) is 0 Å². The number of anilines is 2. The Morgan fingerprint density at radius 1 is 1.00 bits per heavy atom.